The number of hydrogen-bond acceptors (Lipinski definition) is 7. The van der Waals surface area contributed by atoms with E-state index in [1.807, 2.05) is 0 Å². The number of carbonyl (C=O) groups excluding carboxylic acids is 3. The Bertz CT molecular complexity index is 532. The molecular weight excluding hydrogens is 799 g/mol. The molecule has 48 heavy (non-hydrogen) atoms. The summed E-state index contributed by atoms with van der Waals surface area (Å²) >= 11 is 0. The van der Waals surface area contributed by atoms with Gasteiger partial charge in [0.2, 0.25) is 0 Å². The molecule has 0 aliphatic heterocycles. The Kier molecular flexibility index (Phi) is 65.7. The van der Waals surface area contributed by atoms with Gasteiger partial charge in [-0.3, -0.25) is 0 Å². The summed E-state index contributed by atoms with van der Waals surface area (Å²) in [5, 5.41) is 30.1. The summed E-state index contributed by atoms with van der Waals surface area (Å²) in [7, 11) is 0. The van der Waals surface area contributed by atoms with E-state index in [-0.39, 0.29) is 45.5 Å². The van der Waals surface area contributed by atoms with Crippen molar-refractivity contribution in [1.29, 1.82) is 0 Å². The second-order valence-corrected chi connectivity index (χ2v) is 13.0. The Morgan fingerprint density at radius 2 is 0.500 bits per heavy atom. The third kappa shape index (κ3) is 75.5. The van der Waals surface area contributed by atoms with Gasteiger partial charge in [0.05, 0.1) is 0 Å². The van der Waals surface area contributed by atoms with Crippen molar-refractivity contribution >= 4 is 44.1 Å². The van der Waals surface area contributed by atoms with E-state index in [1.54, 1.807) is 0 Å². The van der Waals surface area contributed by atoms with E-state index in [9.17, 15) is 29.7 Å². The third-order valence-corrected chi connectivity index (χ3v) is 8.01. The Balaban J connectivity index is -0.000000170. The quantitative estimate of drug-likeness (QED) is 0.0528. The maximum Gasteiger partial charge on any atom is 3.00 e. The van der Waals surface area contributed by atoms with Crippen LogP contribution in [-0.4, -0.2) is 50.7 Å². The van der Waals surface area contributed by atoms with Crippen LogP contribution in [0.1, 0.15) is 233 Å². The van der Waals surface area contributed by atoms with Crippen LogP contribution in [0.3, 0.4) is 0 Å². The minimum Gasteiger partial charge on any atom is -0.550 e. The van der Waals surface area contributed by atoms with Gasteiger partial charge in [0.1, 0.15) is 0 Å². The van der Waals surface area contributed by atoms with Crippen LogP contribution in [0.15, 0.2) is 0 Å². The number of nitrogens with two attached hydrogens (primary N) is 1. The van der Waals surface area contributed by atoms with Crippen molar-refractivity contribution in [3.8, 4) is 0 Å². The molecule has 0 unspecified atom stereocenters. The van der Waals surface area contributed by atoms with Crippen molar-refractivity contribution < 1.29 is 29.7 Å². The number of hydrogen-bond donors (Lipinski definition) is 1. The molecule has 0 spiro atoms. The first-order valence-electron chi connectivity index (χ1n) is 20.0. The minimum absolute atomic E-state index is 0. The van der Waals surface area contributed by atoms with Gasteiger partial charge in [-0.05, 0) is 51.5 Å². The number of rotatable bonds is 32. The van der Waals surface area contributed by atoms with Crippen LogP contribution >= 0.6 is 0 Å². The number of carboxylic acid groups (broad SMARTS) is 3. The van der Waals surface area contributed by atoms with Gasteiger partial charge >= 0.3 is 26.2 Å². The first-order valence-corrected chi connectivity index (χ1v) is 20.0. The maximum atomic E-state index is 10.0. The van der Waals surface area contributed by atoms with E-state index in [0.717, 1.165) is 45.1 Å². The fraction of sp³-hybridized carbons (Fsp3) is 0.925. The van der Waals surface area contributed by atoms with E-state index in [1.165, 1.54) is 148 Å². The average molecular weight is 880 g/mol. The van der Waals surface area contributed by atoms with Crippen LogP contribution in [0.5, 0.6) is 0 Å². The molecule has 0 aromatic heterocycles. The Labute approximate surface area is 317 Å². The van der Waals surface area contributed by atoms with Gasteiger partial charge in [-0.1, -0.05) is 188 Å². The van der Waals surface area contributed by atoms with Crippen LogP contribution in [0, 0.1) is 0 Å². The molecule has 0 amide bonds. The number of aliphatic carboxylic acids is 3. The van der Waals surface area contributed by atoms with Crippen molar-refractivity contribution in [2.45, 2.75) is 233 Å². The predicted octanol–water partition coefficient (Wildman–Crippen LogP) is 8.34. The fourth-order valence-electron chi connectivity index (χ4n) is 4.96. The van der Waals surface area contributed by atoms with E-state index in [4.69, 9.17) is 5.73 Å². The first kappa shape index (κ1) is 56.6. The molecule has 2 N–H and O–H groups in total. The normalized spacial score (nSPS) is 9.94. The van der Waals surface area contributed by atoms with Crippen molar-refractivity contribution in [3.05, 3.63) is 0 Å². The second kappa shape index (κ2) is 55.7. The van der Waals surface area contributed by atoms with Gasteiger partial charge in [0, 0.05) is 17.9 Å². The Morgan fingerprint density at radius 1 is 0.333 bits per heavy atom. The number of unbranched alkanes of at least 4 members (excludes halogenated alkanes) is 25. The fourth-order valence-corrected chi connectivity index (χ4v) is 4.96. The van der Waals surface area contributed by atoms with Gasteiger partial charge in [0.15, 0.2) is 0 Å². The van der Waals surface area contributed by atoms with Crippen LogP contribution in [0.25, 0.3) is 0 Å². The van der Waals surface area contributed by atoms with E-state index < -0.39 is 17.9 Å². The third-order valence-electron chi connectivity index (χ3n) is 8.01. The van der Waals surface area contributed by atoms with Crippen molar-refractivity contribution in [3.63, 3.8) is 0 Å². The summed E-state index contributed by atoms with van der Waals surface area (Å²) in [6.07, 6.45) is 36.0. The number of carboxylic acids is 3. The van der Waals surface area contributed by atoms with Gasteiger partial charge in [-0.2, -0.15) is 0 Å². The molecule has 0 saturated carbocycles. The molecule has 0 atom stereocenters. The van der Waals surface area contributed by atoms with Gasteiger partial charge in [-0.25, -0.2) is 0 Å². The SMILES string of the molecule is CCCCCCCCCC(=O)[O-].CCCCCCCCCC(=O)[O-].CCCCCCCCCC(=O)[O-].CCCCCCCCCCN.[Bi+3]. The molecule has 286 valence electrons. The molecule has 0 rings (SSSR count). The first-order chi connectivity index (χ1) is 22.7. The zero-order valence-corrected chi connectivity index (χ0v) is 35.8. The summed E-state index contributed by atoms with van der Waals surface area (Å²) in [5.41, 5.74) is 5.39. The predicted molar refractivity (Wildman–Crippen MR) is 200 cm³/mol. The van der Waals surface area contributed by atoms with E-state index >= 15 is 0 Å². The molecule has 0 aliphatic rings. The molecule has 0 fully saturated rings. The summed E-state index contributed by atoms with van der Waals surface area (Å²) in [6, 6.07) is 0. The van der Waals surface area contributed by atoms with Crippen LogP contribution < -0.4 is 21.1 Å². The van der Waals surface area contributed by atoms with Gasteiger partial charge in [0.25, 0.3) is 0 Å². The van der Waals surface area contributed by atoms with Crippen LogP contribution in [-0.2, 0) is 14.4 Å². The number of carbonyl (C=O) groups is 3. The summed E-state index contributed by atoms with van der Waals surface area (Å²) < 4.78 is 0. The van der Waals surface area contributed by atoms with Crippen molar-refractivity contribution in [1.82, 2.24) is 0 Å². The maximum absolute atomic E-state index is 10.0. The Hall–Kier alpha value is -0.747. The smallest absolute Gasteiger partial charge is 0.550 e. The molecule has 7 nitrogen and oxygen atoms in total. The molecule has 8 heteroatoms. The van der Waals surface area contributed by atoms with Crippen LogP contribution in [0.4, 0.5) is 0 Å². The molecular formula is C40H80BiNO6. The topological polar surface area (TPSA) is 146 Å². The van der Waals surface area contributed by atoms with Crippen molar-refractivity contribution in [2.75, 3.05) is 6.54 Å². The van der Waals surface area contributed by atoms with E-state index in [0.29, 0.717) is 0 Å². The molecule has 0 saturated heterocycles. The molecule has 2 radical (unpaired) electrons. The van der Waals surface area contributed by atoms with Gasteiger partial charge in [-0.15, -0.1) is 0 Å². The Morgan fingerprint density at radius 3 is 0.667 bits per heavy atom. The molecule has 0 bridgehead atoms. The standard InChI is InChI=1S/C10H23N.3C10H20O2.Bi/c1-2-3-4-5-6-7-8-9-10-11;3*1-2-3-4-5-6-7-8-9-10(11)12;/h2-11H2,1H3;3*2-9H2,1H3,(H,11,12);/q;;;;+3/p-3. The summed E-state index contributed by atoms with van der Waals surface area (Å²) in [5.74, 6) is -2.74. The van der Waals surface area contributed by atoms with Crippen molar-refractivity contribution in [2.24, 2.45) is 5.73 Å². The largest absolute Gasteiger partial charge is 3.00 e. The molecule has 0 aromatic carbocycles. The molecule has 0 heterocycles. The van der Waals surface area contributed by atoms with Crippen LogP contribution in [0.2, 0.25) is 0 Å². The average Bonchev–Trinajstić information content (AvgIpc) is 3.04. The summed E-state index contributed by atoms with van der Waals surface area (Å²) in [4.78, 5) is 30.1. The molecule has 0 aliphatic carbocycles. The zero-order chi connectivity index (χ0) is 36.1. The second-order valence-electron chi connectivity index (χ2n) is 13.0. The monoisotopic (exact) mass is 880 g/mol. The molecule has 0 aromatic rings. The van der Waals surface area contributed by atoms with Gasteiger partial charge < -0.3 is 35.4 Å². The minimum atomic E-state index is -0.913. The van der Waals surface area contributed by atoms with E-state index in [2.05, 4.69) is 27.7 Å². The summed E-state index contributed by atoms with van der Waals surface area (Å²) in [6.45, 7) is 9.70. The zero-order valence-electron chi connectivity index (χ0n) is 32.3.